The maximum atomic E-state index is 10.9. The molecule has 4 nitrogen and oxygen atoms in total. The second-order valence-electron chi connectivity index (χ2n) is 4.97. The molecule has 1 aliphatic rings. The Morgan fingerprint density at radius 2 is 2.21 bits per heavy atom. The number of fused-ring (bicyclic) bond motifs is 1. The van der Waals surface area contributed by atoms with Crippen LogP contribution in [0.3, 0.4) is 0 Å². The van der Waals surface area contributed by atoms with Crippen molar-refractivity contribution in [3.63, 3.8) is 0 Å². The third kappa shape index (κ3) is 3.88. The van der Waals surface area contributed by atoms with Gasteiger partial charge in [0, 0.05) is 0 Å². The van der Waals surface area contributed by atoms with E-state index in [-0.39, 0.29) is 18.4 Å². The SMILES string of the molecule is CCCCCC1COc2cc(CC(N)=O)ccc2O1. The normalized spacial score (nSPS) is 17.2. The summed E-state index contributed by atoms with van der Waals surface area (Å²) < 4.78 is 11.6. The molecular weight excluding hydrogens is 242 g/mol. The summed E-state index contributed by atoms with van der Waals surface area (Å²) in [6.45, 7) is 2.77. The van der Waals surface area contributed by atoms with Gasteiger partial charge in [0.05, 0.1) is 6.42 Å². The van der Waals surface area contributed by atoms with Crippen LogP contribution in [0, 0.1) is 0 Å². The fourth-order valence-corrected chi connectivity index (χ4v) is 2.23. The number of ether oxygens (including phenoxy) is 2. The summed E-state index contributed by atoms with van der Waals surface area (Å²) in [5.74, 6) is 1.14. The Kier molecular flexibility index (Phi) is 4.66. The lowest BCUT2D eigenvalue weighted by molar-refractivity contribution is -0.117. The van der Waals surface area contributed by atoms with E-state index in [1.54, 1.807) is 0 Å². The first-order valence-corrected chi connectivity index (χ1v) is 6.89. The van der Waals surface area contributed by atoms with Crippen LogP contribution in [-0.4, -0.2) is 18.6 Å². The summed E-state index contributed by atoms with van der Waals surface area (Å²) in [5.41, 5.74) is 6.04. The van der Waals surface area contributed by atoms with Crippen molar-refractivity contribution in [2.75, 3.05) is 6.61 Å². The van der Waals surface area contributed by atoms with Gasteiger partial charge in [-0.2, -0.15) is 0 Å². The van der Waals surface area contributed by atoms with Gasteiger partial charge in [-0.25, -0.2) is 0 Å². The Morgan fingerprint density at radius 1 is 1.37 bits per heavy atom. The molecule has 0 spiro atoms. The third-order valence-electron chi connectivity index (χ3n) is 3.23. The molecular formula is C15H21NO3. The summed E-state index contributed by atoms with van der Waals surface area (Å²) in [7, 11) is 0. The van der Waals surface area contributed by atoms with E-state index in [0.29, 0.717) is 12.4 Å². The highest BCUT2D eigenvalue weighted by Gasteiger charge is 2.20. The van der Waals surface area contributed by atoms with E-state index in [1.165, 1.54) is 19.3 Å². The second kappa shape index (κ2) is 6.45. The van der Waals surface area contributed by atoms with Crippen LogP contribution < -0.4 is 15.2 Å². The fourth-order valence-electron chi connectivity index (χ4n) is 2.23. The van der Waals surface area contributed by atoms with Gasteiger partial charge in [0.15, 0.2) is 11.5 Å². The lowest BCUT2D eigenvalue weighted by Crippen LogP contribution is -2.29. The van der Waals surface area contributed by atoms with Crippen molar-refractivity contribution in [1.82, 2.24) is 0 Å². The first-order valence-electron chi connectivity index (χ1n) is 6.89. The molecule has 1 atom stereocenters. The summed E-state index contributed by atoms with van der Waals surface area (Å²) in [5, 5.41) is 0. The van der Waals surface area contributed by atoms with Gasteiger partial charge in [-0.05, 0) is 30.5 Å². The standard InChI is InChI=1S/C15H21NO3/c1-2-3-4-5-12-10-18-14-8-11(9-15(16)17)6-7-13(14)19-12/h6-8,12H,2-5,9-10H2,1H3,(H2,16,17). The molecule has 1 heterocycles. The first kappa shape index (κ1) is 13.7. The largest absolute Gasteiger partial charge is 0.486 e. The summed E-state index contributed by atoms with van der Waals surface area (Å²) in [4.78, 5) is 10.9. The van der Waals surface area contributed by atoms with E-state index < -0.39 is 0 Å². The molecule has 1 aromatic carbocycles. The molecule has 0 saturated carbocycles. The van der Waals surface area contributed by atoms with Gasteiger partial charge >= 0.3 is 0 Å². The van der Waals surface area contributed by atoms with E-state index in [4.69, 9.17) is 15.2 Å². The van der Waals surface area contributed by atoms with Crippen LogP contribution in [0.25, 0.3) is 0 Å². The molecule has 0 fully saturated rings. The Bertz CT molecular complexity index is 445. The van der Waals surface area contributed by atoms with Crippen molar-refractivity contribution in [2.45, 2.75) is 45.1 Å². The Hall–Kier alpha value is -1.71. The molecule has 2 rings (SSSR count). The minimum Gasteiger partial charge on any atom is -0.486 e. The number of primary amides is 1. The Balaban J connectivity index is 1.96. The molecule has 1 aromatic rings. The monoisotopic (exact) mass is 263 g/mol. The van der Waals surface area contributed by atoms with Crippen molar-refractivity contribution in [1.29, 1.82) is 0 Å². The molecule has 1 aliphatic heterocycles. The zero-order valence-electron chi connectivity index (χ0n) is 11.4. The summed E-state index contributed by atoms with van der Waals surface area (Å²) in [6.07, 6.45) is 5.00. The number of benzene rings is 1. The quantitative estimate of drug-likeness (QED) is 0.802. The molecule has 0 aliphatic carbocycles. The topological polar surface area (TPSA) is 61.5 Å². The molecule has 1 amide bonds. The van der Waals surface area contributed by atoms with E-state index in [1.807, 2.05) is 18.2 Å². The van der Waals surface area contributed by atoms with Gasteiger partial charge in [0.25, 0.3) is 0 Å². The molecule has 2 N–H and O–H groups in total. The molecule has 19 heavy (non-hydrogen) atoms. The number of hydrogen-bond acceptors (Lipinski definition) is 3. The van der Waals surface area contributed by atoms with E-state index >= 15 is 0 Å². The number of amides is 1. The molecule has 0 saturated heterocycles. The molecule has 0 bridgehead atoms. The van der Waals surface area contributed by atoms with Crippen LogP contribution in [0.1, 0.15) is 38.2 Å². The first-order chi connectivity index (χ1) is 9.19. The third-order valence-corrected chi connectivity index (χ3v) is 3.23. The average Bonchev–Trinajstić information content (AvgIpc) is 2.38. The number of rotatable bonds is 6. The van der Waals surface area contributed by atoms with Crippen molar-refractivity contribution >= 4 is 5.91 Å². The summed E-state index contributed by atoms with van der Waals surface area (Å²) in [6, 6.07) is 5.56. The molecule has 0 radical (unpaired) electrons. The van der Waals surface area contributed by atoms with E-state index in [2.05, 4.69) is 6.92 Å². The zero-order chi connectivity index (χ0) is 13.7. The van der Waals surface area contributed by atoms with Gasteiger partial charge in [0.1, 0.15) is 12.7 Å². The number of unbranched alkanes of at least 4 members (excludes halogenated alkanes) is 2. The molecule has 1 unspecified atom stereocenters. The number of carbonyl (C=O) groups excluding carboxylic acids is 1. The van der Waals surface area contributed by atoms with Crippen molar-refractivity contribution in [2.24, 2.45) is 5.73 Å². The predicted octanol–water partition coefficient (Wildman–Crippen LogP) is 2.43. The van der Waals surface area contributed by atoms with Crippen LogP contribution >= 0.6 is 0 Å². The Morgan fingerprint density at radius 3 is 2.95 bits per heavy atom. The zero-order valence-corrected chi connectivity index (χ0v) is 11.4. The van der Waals surface area contributed by atoms with E-state index in [9.17, 15) is 4.79 Å². The minimum absolute atomic E-state index is 0.140. The van der Waals surface area contributed by atoms with Gasteiger partial charge < -0.3 is 15.2 Å². The van der Waals surface area contributed by atoms with Crippen LogP contribution in [0.2, 0.25) is 0 Å². The van der Waals surface area contributed by atoms with Crippen molar-refractivity contribution in [3.05, 3.63) is 23.8 Å². The molecule has 104 valence electrons. The highest BCUT2D eigenvalue weighted by Crippen LogP contribution is 2.33. The van der Waals surface area contributed by atoms with Crippen LogP contribution in [0.15, 0.2) is 18.2 Å². The average molecular weight is 263 g/mol. The van der Waals surface area contributed by atoms with Gasteiger partial charge in [-0.1, -0.05) is 25.8 Å². The smallest absolute Gasteiger partial charge is 0.221 e. The summed E-state index contributed by atoms with van der Waals surface area (Å²) >= 11 is 0. The highest BCUT2D eigenvalue weighted by molar-refractivity contribution is 5.76. The van der Waals surface area contributed by atoms with Crippen LogP contribution in [0.5, 0.6) is 11.5 Å². The van der Waals surface area contributed by atoms with Gasteiger partial charge in [-0.15, -0.1) is 0 Å². The maximum absolute atomic E-state index is 10.9. The fraction of sp³-hybridized carbons (Fsp3) is 0.533. The highest BCUT2D eigenvalue weighted by atomic mass is 16.6. The lowest BCUT2D eigenvalue weighted by Gasteiger charge is -2.26. The van der Waals surface area contributed by atoms with Crippen molar-refractivity contribution < 1.29 is 14.3 Å². The van der Waals surface area contributed by atoms with Gasteiger partial charge in [0.2, 0.25) is 5.91 Å². The maximum Gasteiger partial charge on any atom is 0.221 e. The van der Waals surface area contributed by atoms with Gasteiger partial charge in [-0.3, -0.25) is 4.79 Å². The molecule has 4 heteroatoms. The van der Waals surface area contributed by atoms with E-state index in [0.717, 1.165) is 17.7 Å². The lowest BCUT2D eigenvalue weighted by atomic mass is 10.1. The minimum atomic E-state index is -0.339. The van der Waals surface area contributed by atoms with Crippen molar-refractivity contribution in [3.8, 4) is 11.5 Å². The van der Waals surface area contributed by atoms with Crippen LogP contribution in [0.4, 0.5) is 0 Å². The molecule has 0 aromatic heterocycles. The number of hydrogen-bond donors (Lipinski definition) is 1. The number of carbonyl (C=O) groups is 1. The second-order valence-corrected chi connectivity index (χ2v) is 4.97. The van der Waals surface area contributed by atoms with Crippen LogP contribution in [-0.2, 0) is 11.2 Å². The number of nitrogens with two attached hydrogens (primary N) is 1. The Labute approximate surface area is 113 Å². The predicted molar refractivity (Wildman–Crippen MR) is 73.4 cm³/mol.